The van der Waals surface area contributed by atoms with E-state index in [0.717, 1.165) is 6.42 Å². The number of nitrogens with zero attached hydrogens (tertiary/aromatic N) is 2. The van der Waals surface area contributed by atoms with E-state index in [4.69, 9.17) is 4.74 Å². The van der Waals surface area contributed by atoms with E-state index in [1.807, 2.05) is 0 Å². The van der Waals surface area contributed by atoms with Gasteiger partial charge in [-0.25, -0.2) is 0 Å². The van der Waals surface area contributed by atoms with E-state index < -0.39 is 4.92 Å². The van der Waals surface area contributed by atoms with E-state index in [2.05, 4.69) is 12.6 Å². The van der Waals surface area contributed by atoms with E-state index in [1.165, 1.54) is 23.1 Å². The Morgan fingerprint density at radius 1 is 1.50 bits per heavy atom. The van der Waals surface area contributed by atoms with Crippen molar-refractivity contribution in [3.05, 3.63) is 28.3 Å². The van der Waals surface area contributed by atoms with Gasteiger partial charge in [-0.1, -0.05) is 0 Å². The molecular weight excluding hydrogens is 256 g/mol. The van der Waals surface area contributed by atoms with Crippen LogP contribution in [0.1, 0.15) is 6.42 Å². The third-order valence-corrected chi connectivity index (χ3v) is 2.95. The number of hydrogen-bond acceptors (Lipinski definition) is 5. The molecule has 18 heavy (non-hydrogen) atoms. The molecular formula is C11H12N2O4S. The normalized spacial score (nSPS) is 14.1. The summed E-state index contributed by atoms with van der Waals surface area (Å²) in [5.74, 6) is 0.957. The van der Waals surface area contributed by atoms with Crippen LogP contribution in [0.3, 0.4) is 0 Å². The number of anilines is 1. The van der Waals surface area contributed by atoms with Gasteiger partial charge in [0.15, 0.2) is 6.61 Å². The average Bonchev–Trinajstić information content (AvgIpc) is 2.37. The van der Waals surface area contributed by atoms with Crippen LogP contribution in [0.5, 0.6) is 5.75 Å². The lowest BCUT2D eigenvalue weighted by Crippen LogP contribution is -2.39. The Kier molecular flexibility index (Phi) is 3.71. The van der Waals surface area contributed by atoms with Gasteiger partial charge in [0.1, 0.15) is 5.75 Å². The number of nitro benzene ring substituents is 1. The van der Waals surface area contributed by atoms with Gasteiger partial charge in [-0.2, -0.15) is 12.6 Å². The molecule has 0 atom stereocenters. The summed E-state index contributed by atoms with van der Waals surface area (Å²) in [6, 6.07) is 4.25. The van der Waals surface area contributed by atoms with Gasteiger partial charge < -0.3 is 9.64 Å². The van der Waals surface area contributed by atoms with Crippen LogP contribution in [-0.2, 0) is 4.79 Å². The SMILES string of the molecule is O=C1COc2ccc([N+](=O)[O-])cc2N1CCCS. The number of nitro groups is 1. The Hall–Kier alpha value is -1.76. The second kappa shape index (κ2) is 5.26. The first kappa shape index (κ1) is 12.7. The topological polar surface area (TPSA) is 72.7 Å². The molecule has 0 fully saturated rings. The van der Waals surface area contributed by atoms with Crippen LogP contribution in [0.25, 0.3) is 0 Å². The summed E-state index contributed by atoms with van der Waals surface area (Å²) in [5.41, 5.74) is 0.408. The molecule has 1 aromatic rings. The van der Waals surface area contributed by atoms with Gasteiger partial charge in [0.2, 0.25) is 0 Å². The first-order valence-corrected chi connectivity index (χ1v) is 6.09. The highest BCUT2D eigenvalue weighted by atomic mass is 32.1. The number of carbonyl (C=O) groups is 1. The molecule has 1 heterocycles. The van der Waals surface area contributed by atoms with E-state index >= 15 is 0 Å². The van der Waals surface area contributed by atoms with Crippen molar-refractivity contribution in [1.82, 2.24) is 0 Å². The third kappa shape index (κ3) is 2.40. The Bertz CT molecular complexity index is 492. The second-order valence-corrected chi connectivity index (χ2v) is 4.27. The summed E-state index contributed by atoms with van der Waals surface area (Å²) in [4.78, 5) is 23.5. The molecule has 0 spiro atoms. The number of carbonyl (C=O) groups excluding carboxylic acids is 1. The second-order valence-electron chi connectivity index (χ2n) is 3.82. The predicted octanol–water partition coefficient (Wildman–Crippen LogP) is 1.64. The summed E-state index contributed by atoms with van der Waals surface area (Å²) in [5, 5.41) is 10.7. The maximum atomic E-state index is 11.8. The van der Waals surface area contributed by atoms with Crippen molar-refractivity contribution in [2.45, 2.75) is 6.42 Å². The molecule has 2 rings (SSSR count). The van der Waals surface area contributed by atoms with Gasteiger partial charge in [-0.05, 0) is 18.2 Å². The van der Waals surface area contributed by atoms with Gasteiger partial charge in [0.25, 0.3) is 11.6 Å². The number of ether oxygens (including phenoxy) is 1. The minimum atomic E-state index is -0.490. The molecule has 1 amide bonds. The van der Waals surface area contributed by atoms with Crippen molar-refractivity contribution in [3.63, 3.8) is 0 Å². The fourth-order valence-corrected chi connectivity index (χ4v) is 1.92. The number of benzene rings is 1. The lowest BCUT2D eigenvalue weighted by molar-refractivity contribution is -0.384. The fraction of sp³-hybridized carbons (Fsp3) is 0.364. The van der Waals surface area contributed by atoms with Crippen LogP contribution >= 0.6 is 12.6 Å². The summed E-state index contributed by atoms with van der Waals surface area (Å²) in [7, 11) is 0. The molecule has 0 N–H and O–H groups in total. The minimum absolute atomic E-state index is 0.0304. The predicted molar refractivity (Wildman–Crippen MR) is 69.4 cm³/mol. The first-order valence-electron chi connectivity index (χ1n) is 5.46. The van der Waals surface area contributed by atoms with E-state index in [9.17, 15) is 14.9 Å². The number of amides is 1. The molecule has 6 nitrogen and oxygen atoms in total. The van der Waals surface area contributed by atoms with Crippen LogP contribution in [0, 0.1) is 10.1 Å². The molecule has 7 heteroatoms. The number of non-ortho nitro benzene ring substituents is 1. The maximum absolute atomic E-state index is 11.8. The van der Waals surface area contributed by atoms with Crippen LogP contribution in [0.15, 0.2) is 18.2 Å². The first-order chi connectivity index (χ1) is 8.63. The Balaban J connectivity index is 2.36. The number of fused-ring (bicyclic) bond motifs is 1. The largest absolute Gasteiger partial charge is 0.482 e. The Morgan fingerprint density at radius 3 is 2.94 bits per heavy atom. The van der Waals surface area contributed by atoms with Crippen LogP contribution < -0.4 is 9.64 Å². The van der Waals surface area contributed by atoms with E-state index in [0.29, 0.717) is 23.7 Å². The molecule has 1 aliphatic heterocycles. The van der Waals surface area contributed by atoms with Gasteiger partial charge >= 0.3 is 0 Å². The number of thiol groups is 1. The lowest BCUT2D eigenvalue weighted by atomic mass is 10.2. The standard InChI is InChI=1S/C11H12N2O4S/c14-11-7-17-10-3-2-8(13(15)16)6-9(10)12(11)4-1-5-18/h2-3,6,18H,1,4-5,7H2. The van der Waals surface area contributed by atoms with Crippen molar-refractivity contribution in [2.75, 3.05) is 23.8 Å². The highest BCUT2D eigenvalue weighted by Crippen LogP contribution is 2.35. The molecule has 0 unspecified atom stereocenters. The minimum Gasteiger partial charge on any atom is -0.482 e. The summed E-state index contributed by atoms with van der Waals surface area (Å²) in [6.07, 6.45) is 0.719. The van der Waals surface area contributed by atoms with Gasteiger partial charge in [0, 0.05) is 18.7 Å². The highest BCUT2D eigenvalue weighted by molar-refractivity contribution is 7.80. The van der Waals surface area contributed by atoms with E-state index in [1.54, 1.807) is 0 Å². The lowest BCUT2D eigenvalue weighted by Gasteiger charge is -2.28. The number of rotatable bonds is 4. The molecule has 1 aliphatic rings. The zero-order chi connectivity index (χ0) is 13.1. The molecule has 0 saturated heterocycles. The molecule has 0 radical (unpaired) electrons. The van der Waals surface area contributed by atoms with Crippen molar-refractivity contribution in [2.24, 2.45) is 0 Å². The van der Waals surface area contributed by atoms with Gasteiger partial charge in [0.05, 0.1) is 10.6 Å². The van der Waals surface area contributed by atoms with Gasteiger partial charge in [-0.3, -0.25) is 14.9 Å². The van der Waals surface area contributed by atoms with Crippen LogP contribution in [0.2, 0.25) is 0 Å². The molecule has 0 aromatic heterocycles. The third-order valence-electron chi connectivity index (χ3n) is 2.64. The Morgan fingerprint density at radius 2 is 2.28 bits per heavy atom. The van der Waals surface area contributed by atoms with Crippen molar-refractivity contribution < 1.29 is 14.5 Å². The Labute approximate surface area is 109 Å². The summed E-state index contributed by atoms with van der Waals surface area (Å²) in [6.45, 7) is 0.456. The maximum Gasteiger partial charge on any atom is 0.271 e. The zero-order valence-corrected chi connectivity index (χ0v) is 10.4. The summed E-state index contributed by atoms with van der Waals surface area (Å²) >= 11 is 4.10. The van der Waals surface area contributed by atoms with Crippen molar-refractivity contribution in [3.8, 4) is 5.75 Å². The summed E-state index contributed by atoms with van der Waals surface area (Å²) < 4.78 is 5.25. The van der Waals surface area contributed by atoms with Gasteiger partial charge in [-0.15, -0.1) is 0 Å². The van der Waals surface area contributed by atoms with Crippen molar-refractivity contribution in [1.29, 1.82) is 0 Å². The fourth-order valence-electron chi connectivity index (χ4n) is 1.78. The van der Waals surface area contributed by atoms with Crippen LogP contribution in [-0.4, -0.2) is 29.7 Å². The van der Waals surface area contributed by atoms with Crippen molar-refractivity contribution >= 4 is 29.9 Å². The molecule has 0 bridgehead atoms. The number of hydrogen-bond donors (Lipinski definition) is 1. The monoisotopic (exact) mass is 268 g/mol. The highest BCUT2D eigenvalue weighted by Gasteiger charge is 2.26. The molecule has 1 aromatic carbocycles. The quantitative estimate of drug-likeness (QED) is 0.512. The van der Waals surface area contributed by atoms with Crippen LogP contribution in [0.4, 0.5) is 11.4 Å². The smallest absolute Gasteiger partial charge is 0.271 e. The van der Waals surface area contributed by atoms with E-state index in [-0.39, 0.29) is 18.2 Å². The molecule has 0 saturated carbocycles. The molecule has 0 aliphatic carbocycles. The average molecular weight is 268 g/mol. The molecule has 96 valence electrons. The zero-order valence-electron chi connectivity index (χ0n) is 9.54.